The molecule has 2 heteroatoms. The Kier molecular flexibility index (Phi) is 7.94. The summed E-state index contributed by atoms with van der Waals surface area (Å²) in [6.45, 7) is 3.69. The standard InChI is InChI=1S/C18H34BrN/c1-2-9-16(14-19)15-20(17-10-5-3-6-11-17)18-12-7-4-8-13-18/h16-18H,2-15H2,1H3. The van der Waals surface area contributed by atoms with Crippen molar-refractivity contribution < 1.29 is 0 Å². The molecule has 0 heterocycles. The lowest BCUT2D eigenvalue weighted by atomic mass is 9.87. The normalized spacial score (nSPS) is 24.1. The first kappa shape index (κ1) is 16.8. The number of nitrogens with zero attached hydrogens (tertiary/aromatic N) is 1. The molecule has 20 heavy (non-hydrogen) atoms. The van der Waals surface area contributed by atoms with Crippen molar-refractivity contribution in [2.24, 2.45) is 5.92 Å². The molecule has 1 atom stereocenters. The minimum atomic E-state index is 0.865. The molecular weight excluding hydrogens is 310 g/mol. The summed E-state index contributed by atoms with van der Waals surface area (Å²) >= 11 is 3.77. The van der Waals surface area contributed by atoms with E-state index >= 15 is 0 Å². The Morgan fingerprint density at radius 3 is 1.80 bits per heavy atom. The van der Waals surface area contributed by atoms with Crippen molar-refractivity contribution in [3.05, 3.63) is 0 Å². The summed E-state index contributed by atoms with van der Waals surface area (Å²) in [7, 11) is 0. The van der Waals surface area contributed by atoms with Crippen LogP contribution in [0, 0.1) is 5.92 Å². The molecule has 2 fully saturated rings. The zero-order valence-electron chi connectivity index (χ0n) is 13.5. The molecule has 2 aliphatic rings. The van der Waals surface area contributed by atoms with Crippen LogP contribution in [0.4, 0.5) is 0 Å². The molecule has 0 saturated heterocycles. The molecule has 2 aliphatic carbocycles. The maximum atomic E-state index is 3.77. The minimum absolute atomic E-state index is 0.865. The van der Waals surface area contributed by atoms with Crippen LogP contribution in [0.5, 0.6) is 0 Å². The van der Waals surface area contributed by atoms with Gasteiger partial charge in [-0.3, -0.25) is 4.90 Å². The van der Waals surface area contributed by atoms with E-state index < -0.39 is 0 Å². The lowest BCUT2D eigenvalue weighted by molar-refractivity contribution is 0.0660. The molecule has 0 bridgehead atoms. The van der Waals surface area contributed by atoms with E-state index in [2.05, 4.69) is 27.8 Å². The molecular formula is C18H34BrN. The summed E-state index contributed by atoms with van der Waals surface area (Å²) in [4.78, 5) is 2.97. The topological polar surface area (TPSA) is 3.24 Å². The summed E-state index contributed by atoms with van der Waals surface area (Å²) in [5.41, 5.74) is 0. The van der Waals surface area contributed by atoms with Gasteiger partial charge < -0.3 is 0 Å². The van der Waals surface area contributed by atoms with Crippen molar-refractivity contribution in [3.63, 3.8) is 0 Å². The Hall–Kier alpha value is 0.440. The predicted octanol–water partition coefficient (Wildman–Crippen LogP) is 5.77. The Labute approximate surface area is 135 Å². The summed E-state index contributed by atoms with van der Waals surface area (Å²) in [6, 6.07) is 1.82. The third kappa shape index (κ3) is 5.02. The van der Waals surface area contributed by atoms with E-state index in [1.54, 1.807) is 0 Å². The van der Waals surface area contributed by atoms with Gasteiger partial charge in [-0.05, 0) is 38.0 Å². The molecule has 0 spiro atoms. The molecule has 0 aromatic carbocycles. The van der Waals surface area contributed by atoms with Crippen LogP contribution in [0.25, 0.3) is 0 Å². The molecule has 0 aromatic rings. The predicted molar refractivity (Wildman–Crippen MR) is 92.6 cm³/mol. The van der Waals surface area contributed by atoms with Crippen molar-refractivity contribution in [2.75, 3.05) is 11.9 Å². The first-order chi connectivity index (χ1) is 9.85. The molecule has 0 aromatic heterocycles. The Bertz CT molecular complexity index is 226. The Balaban J connectivity index is 1.97. The SMILES string of the molecule is CCCC(CBr)CN(C1CCCCC1)C1CCCCC1. The second-order valence-electron chi connectivity index (χ2n) is 7.09. The molecule has 2 saturated carbocycles. The zero-order chi connectivity index (χ0) is 14.2. The highest BCUT2D eigenvalue weighted by Gasteiger charge is 2.30. The largest absolute Gasteiger partial charge is 0.297 e. The quantitative estimate of drug-likeness (QED) is 0.530. The molecule has 1 nitrogen and oxygen atoms in total. The summed E-state index contributed by atoms with van der Waals surface area (Å²) in [5.74, 6) is 0.865. The number of halogens is 1. The molecule has 0 aliphatic heterocycles. The highest BCUT2D eigenvalue weighted by Crippen LogP contribution is 2.31. The third-order valence-corrected chi connectivity index (χ3v) is 6.39. The van der Waals surface area contributed by atoms with E-state index in [-0.39, 0.29) is 0 Å². The van der Waals surface area contributed by atoms with E-state index in [0.29, 0.717) is 0 Å². The monoisotopic (exact) mass is 343 g/mol. The van der Waals surface area contributed by atoms with E-state index in [1.165, 1.54) is 88.9 Å². The van der Waals surface area contributed by atoms with Gasteiger partial charge in [-0.15, -0.1) is 0 Å². The minimum Gasteiger partial charge on any atom is -0.297 e. The van der Waals surface area contributed by atoms with Crippen molar-refractivity contribution in [3.8, 4) is 0 Å². The van der Waals surface area contributed by atoms with Gasteiger partial charge in [0.2, 0.25) is 0 Å². The molecule has 0 N–H and O–H groups in total. The maximum absolute atomic E-state index is 3.77. The molecule has 118 valence electrons. The van der Waals surface area contributed by atoms with E-state index in [4.69, 9.17) is 0 Å². The van der Waals surface area contributed by atoms with Crippen LogP contribution in [0.15, 0.2) is 0 Å². The van der Waals surface area contributed by atoms with Gasteiger partial charge in [0.15, 0.2) is 0 Å². The Morgan fingerprint density at radius 1 is 0.900 bits per heavy atom. The second-order valence-corrected chi connectivity index (χ2v) is 7.74. The number of alkyl halides is 1. The van der Waals surface area contributed by atoms with Gasteiger partial charge in [0.25, 0.3) is 0 Å². The number of hydrogen-bond acceptors (Lipinski definition) is 1. The van der Waals surface area contributed by atoms with Gasteiger partial charge in [0.05, 0.1) is 0 Å². The fraction of sp³-hybridized carbons (Fsp3) is 1.00. The average molecular weight is 344 g/mol. The van der Waals surface area contributed by atoms with Crippen molar-refractivity contribution >= 4 is 15.9 Å². The average Bonchev–Trinajstić information content (AvgIpc) is 2.53. The summed E-state index contributed by atoms with van der Waals surface area (Å²) in [6.07, 6.45) is 17.4. The van der Waals surface area contributed by atoms with Gasteiger partial charge >= 0.3 is 0 Å². The van der Waals surface area contributed by atoms with Gasteiger partial charge in [-0.2, -0.15) is 0 Å². The first-order valence-electron chi connectivity index (χ1n) is 9.16. The van der Waals surface area contributed by atoms with Gasteiger partial charge in [0.1, 0.15) is 0 Å². The second kappa shape index (κ2) is 9.46. The lowest BCUT2D eigenvalue weighted by Crippen LogP contribution is -2.47. The number of hydrogen-bond donors (Lipinski definition) is 0. The molecule has 0 radical (unpaired) electrons. The van der Waals surface area contributed by atoms with Crippen LogP contribution in [0.3, 0.4) is 0 Å². The third-order valence-electron chi connectivity index (χ3n) is 5.47. The van der Waals surface area contributed by atoms with E-state index in [0.717, 1.165) is 18.0 Å². The summed E-state index contributed by atoms with van der Waals surface area (Å²) < 4.78 is 0. The fourth-order valence-corrected chi connectivity index (χ4v) is 4.87. The van der Waals surface area contributed by atoms with Crippen molar-refractivity contribution in [2.45, 2.75) is 96.1 Å². The highest BCUT2D eigenvalue weighted by atomic mass is 79.9. The highest BCUT2D eigenvalue weighted by molar-refractivity contribution is 9.09. The first-order valence-corrected chi connectivity index (χ1v) is 10.3. The van der Waals surface area contributed by atoms with Gasteiger partial charge in [-0.25, -0.2) is 0 Å². The van der Waals surface area contributed by atoms with Gasteiger partial charge in [0, 0.05) is 24.0 Å². The van der Waals surface area contributed by atoms with Crippen LogP contribution in [-0.2, 0) is 0 Å². The van der Waals surface area contributed by atoms with Crippen LogP contribution in [0.1, 0.15) is 84.0 Å². The molecule has 0 amide bonds. The van der Waals surface area contributed by atoms with Crippen LogP contribution >= 0.6 is 15.9 Å². The van der Waals surface area contributed by atoms with Crippen molar-refractivity contribution in [1.29, 1.82) is 0 Å². The van der Waals surface area contributed by atoms with Gasteiger partial charge in [-0.1, -0.05) is 67.8 Å². The fourth-order valence-electron chi connectivity index (χ4n) is 4.35. The maximum Gasteiger partial charge on any atom is 0.00983 e. The van der Waals surface area contributed by atoms with E-state index in [9.17, 15) is 0 Å². The van der Waals surface area contributed by atoms with Crippen LogP contribution < -0.4 is 0 Å². The smallest absolute Gasteiger partial charge is 0.00983 e. The summed E-state index contributed by atoms with van der Waals surface area (Å²) in [5, 5.41) is 1.19. The zero-order valence-corrected chi connectivity index (χ0v) is 15.0. The number of rotatable bonds is 7. The van der Waals surface area contributed by atoms with E-state index in [1.807, 2.05) is 0 Å². The molecule has 1 unspecified atom stereocenters. The Morgan fingerprint density at radius 2 is 1.40 bits per heavy atom. The van der Waals surface area contributed by atoms with Crippen LogP contribution in [-0.4, -0.2) is 28.9 Å². The van der Waals surface area contributed by atoms with Crippen molar-refractivity contribution in [1.82, 2.24) is 4.90 Å². The lowest BCUT2D eigenvalue weighted by Gasteiger charge is -2.43. The van der Waals surface area contributed by atoms with Crippen LogP contribution in [0.2, 0.25) is 0 Å². The molecule has 2 rings (SSSR count).